The molecule has 0 aliphatic carbocycles. The highest BCUT2D eigenvalue weighted by Gasteiger charge is 2.12. The highest BCUT2D eigenvalue weighted by atomic mass is 16.5. The highest BCUT2D eigenvalue weighted by molar-refractivity contribution is 5.95. The molecule has 2 rings (SSSR count). The summed E-state index contributed by atoms with van der Waals surface area (Å²) in [7, 11) is 0. The summed E-state index contributed by atoms with van der Waals surface area (Å²) in [4.78, 5) is 24.1. The van der Waals surface area contributed by atoms with Crippen LogP contribution < -0.4 is 0 Å². The van der Waals surface area contributed by atoms with Crippen LogP contribution in [0, 0.1) is 0 Å². The molecule has 0 heterocycles. The molecule has 0 aliphatic heterocycles. The zero-order valence-corrected chi connectivity index (χ0v) is 14.6. The van der Waals surface area contributed by atoms with E-state index in [1.54, 1.807) is 18.2 Å². The number of hydrogen-bond donors (Lipinski definition) is 0. The highest BCUT2D eigenvalue weighted by Crippen LogP contribution is 2.10. The molecule has 0 amide bonds. The maximum Gasteiger partial charge on any atom is 0.338 e. The van der Waals surface area contributed by atoms with Crippen LogP contribution in [0.3, 0.4) is 0 Å². The van der Waals surface area contributed by atoms with Crippen LogP contribution in [-0.4, -0.2) is 25.2 Å². The Labute approximate surface area is 148 Å². The van der Waals surface area contributed by atoms with Crippen LogP contribution in [0.5, 0.6) is 0 Å². The minimum atomic E-state index is -0.434. The number of carbonyl (C=O) groups is 2. The minimum Gasteiger partial charge on any atom is -0.462 e. The van der Waals surface area contributed by atoms with Gasteiger partial charge >= 0.3 is 11.9 Å². The molecule has 4 nitrogen and oxygen atoms in total. The average Bonchev–Trinajstić information content (AvgIpc) is 2.66. The second kappa shape index (κ2) is 10.3. The molecule has 0 bridgehead atoms. The number of esters is 2. The quantitative estimate of drug-likeness (QED) is 0.500. The third kappa shape index (κ3) is 6.42. The van der Waals surface area contributed by atoms with Gasteiger partial charge in [-0.25, -0.2) is 9.59 Å². The summed E-state index contributed by atoms with van der Waals surface area (Å²) in [5.74, 6) is -0.841. The van der Waals surface area contributed by atoms with Gasteiger partial charge in [-0.15, -0.1) is 0 Å². The molecular formula is C21H24O4. The molecule has 2 aromatic rings. The number of carbonyl (C=O) groups excluding carboxylic acids is 2. The van der Waals surface area contributed by atoms with Crippen molar-refractivity contribution in [2.45, 2.75) is 32.6 Å². The van der Waals surface area contributed by atoms with Crippen LogP contribution in [0.2, 0.25) is 0 Å². The summed E-state index contributed by atoms with van der Waals surface area (Å²) < 4.78 is 10.5. The molecule has 25 heavy (non-hydrogen) atoms. The van der Waals surface area contributed by atoms with E-state index in [2.05, 4.69) is 6.92 Å². The van der Waals surface area contributed by atoms with E-state index in [1.165, 1.54) is 6.07 Å². The van der Waals surface area contributed by atoms with Crippen molar-refractivity contribution in [1.82, 2.24) is 0 Å². The van der Waals surface area contributed by atoms with Crippen molar-refractivity contribution in [2.75, 3.05) is 13.2 Å². The fourth-order valence-electron chi connectivity index (χ4n) is 2.36. The lowest BCUT2D eigenvalue weighted by atomic mass is 10.1. The zero-order chi connectivity index (χ0) is 17.9. The summed E-state index contributed by atoms with van der Waals surface area (Å²) in [6.07, 6.45) is 3.61. The lowest BCUT2D eigenvalue weighted by molar-refractivity contribution is 0.0498. The third-order valence-corrected chi connectivity index (χ3v) is 3.78. The van der Waals surface area contributed by atoms with E-state index in [-0.39, 0.29) is 0 Å². The van der Waals surface area contributed by atoms with Crippen LogP contribution in [0.1, 0.15) is 52.5 Å². The normalized spacial score (nSPS) is 10.3. The van der Waals surface area contributed by atoms with E-state index in [1.807, 2.05) is 30.3 Å². The molecule has 0 fully saturated rings. The summed E-state index contributed by atoms with van der Waals surface area (Å²) >= 11 is 0. The Hall–Kier alpha value is -2.62. The summed E-state index contributed by atoms with van der Waals surface area (Å²) in [6, 6.07) is 16.3. The monoisotopic (exact) mass is 340 g/mol. The molecule has 2 aromatic carbocycles. The molecular weight excluding hydrogens is 316 g/mol. The average molecular weight is 340 g/mol. The van der Waals surface area contributed by atoms with Crippen molar-refractivity contribution < 1.29 is 19.1 Å². The van der Waals surface area contributed by atoms with Crippen molar-refractivity contribution in [1.29, 1.82) is 0 Å². The van der Waals surface area contributed by atoms with Crippen LogP contribution in [-0.2, 0) is 15.9 Å². The van der Waals surface area contributed by atoms with E-state index in [9.17, 15) is 9.59 Å². The standard InChI is InChI=1S/C21H24O4/c1-2-3-7-14-24-20(22)18-11-8-12-19(16-18)21(23)25-15-13-17-9-5-4-6-10-17/h4-6,8-12,16H,2-3,7,13-15H2,1H3. The van der Waals surface area contributed by atoms with Gasteiger partial charge in [0.15, 0.2) is 0 Å². The molecule has 0 atom stereocenters. The molecule has 0 N–H and O–H groups in total. The molecule has 0 spiro atoms. The molecule has 0 aromatic heterocycles. The van der Waals surface area contributed by atoms with Crippen LogP contribution in [0.4, 0.5) is 0 Å². The molecule has 0 saturated heterocycles. The Bertz CT molecular complexity index is 679. The zero-order valence-electron chi connectivity index (χ0n) is 14.6. The topological polar surface area (TPSA) is 52.6 Å². The molecule has 0 radical (unpaired) electrons. The summed E-state index contributed by atoms with van der Waals surface area (Å²) in [5, 5.41) is 0. The van der Waals surface area contributed by atoms with E-state index in [4.69, 9.17) is 9.47 Å². The molecule has 0 saturated carbocycles. The maximum absolute atomic E-state index is 12.1. The van der Waals surface area contributed by atoms with Gasteiger partial charge in [0.1, 0.15) is 0 Å². The minimum absolute atomic E-state index is 0.300. The first-order valence-corrected chi connectivity index (χ1v) is 8.69. The number of benzene rings is 2. The van der Waals surface area contributed by atoms with E-state index in [0.717, 1.165) is 24.8 Å². The van der Waals surface area contributed by atoms with Crippen LogP contribution >= 0.6 is 0 Å². The number of unbranched alkanes of at least 4 members (excludes halogenated alkanes) is 2. The summed E-state index contributed by atoms with van der Waals surface area (Å²) in [6.45, 7) is 2.79. The number of ether oxygens (including phenoxy) is 2. The van der Waals surface area contributed by atoms with Gasteiger partial charge in [0.25, 0.3) is 0 Å². The van der Waals surface area contributed by atoms with Gasteiger partial charge < -0.3 is 9.47 Å². The van der Waals surface area contributed by atoms with Gasteiger partial charge in [-0.2, -0.15) is 0 Å². The number of hydrogen-bond acceptors (Lipinski definition) is 4. The lowest BCUT2D eigenvalue weighted by Gasteiger charge is -2.07. The van der Waals surface area contributed by atoms with Crippen molar-refractivity contribution in [3.8, 4) is 0 Å². The van der Waals surface area contributed by atoms with Crippen molar-refractivity contribution in [3.05, 3.63) is 71.3 Å². The van der Waals surface area contributed by atoms with Crippen molar-refractivity contribution in [2.24, 2.45) is 0 Å². The fourth-order valence-corrected chi connectivity index (χ4v) is 2.36. The third-order valence-electron chi connectivity index (χ3n) is 3.78. The number of rotatable bonds is 9. The molecule has 0 unspecified atom stereocenters. The van der Waals surface area contributed by atoms with Gasteiger partial charge in [0.05, 0.1) is 24.3 Å². The van der Waals surface area contributed by atoms with Crippen molar-refractivity contribution in [3.63, 3.8) is 0 Å². The lowest BCUT2D eigenvalue weighted by Crippen LogP contribution is -2.11. The Kier molecular flexibility index (Phi) is 7.70. The van der Waals surface area contributed by atoms with E-state index < -0.39 is 11.9 Å². The molecule has 132 valence electrons. The first-order valence-electron chi connectivity index (χ1n) is 8.69. The second-order valence-electron chi connectivity index (χ2n) is 5.80. The SMILES string of the molecule is CCCCCOC(=O)c1cccc(C(=O)OCCc2ccccc2)c1. The Balaban J connectivity index is 1.84. The largest absolute Gasteiger partial charge is 0.462 e. The predicted molar refractivity (Wildman–Crippen MR) is 96.7 cm³/mol. The maximum atomic E-state index is 12.1. The fraction of sp³-hybridized carbons (Fsp3) is 0.333. The Morgan fingerprint density at radius 1 is 0.800 bits per heavy atom. The van der Waals surface area contributed by atoms with Crippen molar-refractivity contribution >= 4 is 11.9 Å². The Morgan fingerprint density at radius 3 is 2.08 bits per heavy atom. The molecule has 0 aliphatic rings. The molecule has 4 heteroatoms. The van der Waals surface area contributed by atoms with Gasteiger partial charge in [-0.05, 0) is 30.2 Å². The summed E-state index contributed by atoms with van der Waals surface area (Å²) in [5.41, 5.74) is 1.84. The van der Waals surface area contributed by atoms with Gasteiger partial charge in [0, 0.05) is 6.42 Å². The smallest absolute Gasteiger partial charge is 0.338 e. The predicted octanol–water partition coefficient (Wildman–Crippen LogP) is 4.43. The van der Waals surface area contributed by atoms with E-state index in [0.29, 0.717) is 30.8 Å². The van der Waals surface area contributed by atoms with Crippen LogP contribution in [0.25, 0.3) is 0 Å². The second-order valence-corrected chi connectivity index (χ2v) is 5.80. The van der Waals surface area contributed by atoms with E-state index >= 15 is 0 Å². The van der Waals surface area contributed by atoms with Crippen LogP contribution in [0.15, 0.2) is 54.6 Å². The van der Waals surface area contributed by atoms with Gasteiger partial charge in [0.2, 0.25) is 0 Å². The van der Waals surface area contributed by atoms with Gasteiger partial charge in [-0.1, -0.05) is 56.2 Å². The first-order chi connectivity index (χ1) is 12.2. The van der Waals surface area contributed by atoms with Gasteiger partial charge in [-0.3, -0.25) is 0 Å². The first kappa shape index (κ1) is 18.7. The Morgan fingerprint density at radius 2 is 1.44 bits per heavy atom.